The van der Waals surface area contributed by atoms with Crippen molar-refractivity contribution in [2.24, 2.45) is 0 Å². The molecule has 0 aliphatic carbocycles. The first-order chi connectivity index (χ1) is 15.5. The van der Waals surface area contributed by atoms with Crippen LogP contribution in [0.5, 0.6) is 0 Å². The zero-order valence-electron chi connectivity index (χ0n) is 17.9. The summed E-state index contributed by atoms with van der Waals surface area (Å²) in [6, 6.07) is 5.49. The van der Waals surface area contributed by atoms with E-state index in [0.717, 1.165) is 45.6 Å². The molecule has 2 aromatic rings. The fourth-order valence-electron chi connectivity index (χ4n) is 4.26. The summed E-state index contributed by atoms with van der Waals surface area (Å²) in [6.45, 7) is 4.50. The van der Waals surface area contributed by atoms with E-state index < -0.39 is 0 Å². The van der Waals surface area contributed by atoms with Gasteiger partial charge in [0.1, 0.15) is 15.8 Å². The van der Waals surface area contributed by atoms with E-state index in [9.17, 15) is 9.59 Å². The number of fused-ring (bicyclic) bond motifs is 1. The average molecular weight is 472 g/mol. The number of aromatic nitrogens is 2. The number of hydrogen-bond acceptors (Lipinski definition) is 8. The third kappa shape index (κ3) is 4.07. The van der Waals surface area contributed by atoms with Gasteiger partial charge in [0.2, 0.25) is 0 Å². The van der Waals surface area contributed by atoms with Gasteiger partial charge in [0.25, 0.3) is 11.5 Å². The van der Waals surface area contributed by atoms with Crippen LogP contribution in [-0.2, 0) is 9.53 Å². The average Bonchev–Trinajstić information content (AvgIpc) is 3.40. The zero-order chi connectivity index (χ0) is 22.2. The van der Waals surface area contributed by atoms with Crippen molar-refractivity contribution in [2.45, 2.75) is 18.9 Å². The minimum Gasteiger partial charge on any atom is -0.376 e. The van der Waals surface area contributed by atoms with E-state index in [4.69, 9.17) is 21.9 Å². The van der Waals surface area contributed by atoms with E-state index in [1.54, 1.807) is 23.2 Å². The van der Waals surface area contributed by atoms with Gasteiger partial charge < -0.3 is 14.5 Å². The second-order valence-corrected chi connectivity index (χ2v) is 9.98. The Morgan fingerprint density at radius 3 is 2.81 bits per heavy atom. The molecule has 5 rings (SSSR count). The molecule has 3 aliphatic rings. The predicted octanol–water partition coefficient (Wildman–Crippen LogP) is 1.83. The van der Waals surface area contributed by atoms with Crippen LogP contribution < -0.4 is 10.5 Å². The number of carbonyl (C=O) groups is 1. The fraction of sp³-hybridized carbons (Fsp3) is 0.455. The second kappa shape index (κ2) is 8.93. The molecule has 8 nitrogen and oxygen atoms in total. The summed E-state index contributed by atoms with van der Waals surface area (Å²) in [5.41, 5.74) is 0.833. The molecule has 3 saturated heterocycles. The van der Waals surface area contributed by atoms with Gasteiger partial charge in [0, 0.05) is 39.0 Å². The highest BCUT2D eigenvalue weighted by Crippen LogP contribution is 2.34. The van der Waals surface area contributed by atoms with E-state index in [0.29, 0.717) is 32.8 Å². The van der Waals surface area contributed by atoms with Gasteiger partial charge in [-0.2, -0.15) is 0 Å². The molecule has 0 N–H and O–H groups in total. The maximum absolute atomic E-state index is 13.4. The number of ether oxygens (including phenoxy) is 1. The van der Waals surface area contributed by atoms with Gasteiger partial charge in [0.15, 0.2) is 0 Å². The summed E-state index contributed by atoms with van der Waals surface area (Å²) < 4.78 is 7.72. The summed E-state index contributed by atoms with van der Waals surface area (Å²) in [6.07, 6.45) is 5.34. The molecule has 0 bridgehead atoms. The van der Waals surface area contributed by atoms with Crippen molar-refractivity contribution < 1.29 is 9.53 Å². The lowest BCUT2D eigenvalue weighted by atomic mass is 10.2. The molecule has 0 spiro atoms. The Kier molecular flexibility index (Phi) is 6.02. The minimum absolute atomic E-state index is 0.0192. The molecule has 0 saturated carbocycles. The van der Waals surface area contributed by atoms with E-state index in [-0.39, 0.29) is 17.6 Å². The van der Waals surface area contributed by atoms with Crippen LogP contribution in [0.3, 0.4) is 0 Å². The van der Waals surface area contributed by atoms with Crippen molar-refractivity contribution in [3.8, 4) is 0 Å². The fourth-order valence-corrected chi connectivity index (χ4v) is 5.51. The van der Waals surface area contributed by atoms with Crippen LogP contribution >= 0.6 is 24.0 Å². The predicted molar refractivity (Wildman–Crippen MR) is 130 cm³/mol. The number of piperazine rings is 1. The van der Waals surface area contributed by atoms with E-state index in [1.165, 1.54) is 16.2 Å². The minimum atomic E-state index is -0.186. The van der Waals surface area contributed by atoms with Gasteiger partial charge in [0.05, 0.1) is 23.1 Å². The van der Waals surface area contributed by atoms with Crippen LogP contribution in [0.2, 0.25) is 0 Å². The summed E-state index contributed by atoms with van der Waals surface area (Å²) in [4.78, 5) is 37.9. The van der Waals surface area contributed by atoms with Crippen molar-refractivity contribution in [1.82, 2.24) is 19.2 Å². The number of hydrogen-bond donors (Lipinski definition) is 0. The summed E-state index contributed by atoms with van der Waals surface area (Å²) in [7, 11) is 2.08. The second-order valence-electron chi connectivity index (χ2n) is 8.30. The Morgan fingerprint density at radius 1 is 1.25 bits per heavy atom. The lowest BCUT2D eigenvalue weighted by Gasteiger charge is -2.34. The summed E-state index contributed by atoms with van der Waals surface area (Å²) in [5.74, 6) is 0.455. The summed E-state index contributed by atoms with van der Waals surface area (Å²) >= 11 is 6.72. The Morgan fingerprint density at radius 2 is 2.06 bits per heavy atom. The third-order valence-corrected chi connectivity index (χ3v) is 7.49. The van der Waals surface area contributed by atoms with Gasteiger partial charge in [-0.05, 0) is 38.1 Å². The molecule has 3 fully saturated rings. The molecular weight excluding hydrogens is 446 g/mol. The van der Waals surface area contributed by atoms with Crippen LogP contribution in [0.15, 0.2) is 34.1 Å². The number of anilines is 1. The van der Waals surface area contributed by atoms with Crippen molar-refractivity contribution in [1.29, 1.82) is 0 Å². The van der Waals surface area contributed by atoms with Crippen LogP contribution in [0, 0.1) is 0 Å². The molecule has 10 heteroatoms. The number of carbonyl (C=O) groups excluding carboxylic acids is 1. The standard InChI is InChI=1S/C22H25N5O3S2/c1-24-8-10-25(11-9-24)19-16(20(28)26-7-3-2-6-18(26)23-19)13-17-21(29)27(22(31)32-17)14-15-5-4-12-30-15/h2-3,6-7,13,15H,4-5,8-12,14H2,1H3/b17-13+/t15-/m0/s1. The molecule has 2 aromatic heterocycles. The van der Waals surface area contributed by atoms with Crippen LogP contribution in [0.25, 0.3) is 11.7 Å². The number of amides is 1. The Labute approximate surface area is 195 Å². The SMILES string of the molecule is CN1CCN(c2nc3ccccn3c(=O)c2/C=C2/SC(=S)N(C[C@@H]3CCCO3)C2=O)CC1. The molecule has 1 atom stereocenters. The van der Waals surface area contributed by atoms with Gasteiger partial charge in [-0.3, -0.25) is 18.9 Å². The van der Waals surface area contributed by atoms with Crippen molar-refractivity contribution in [2.75, 3.05) is 51.3 Å². The Hall–Kier alpha value is -2.27. The number of pyridine rings is 1. The first-order valence-electron chi connectivity index (χ1n) is 10.8. The van der Waals surface area contributed by atoms with E-state index in [2.05, 4.69) is 16.8 Å². The number of thiocarbonyl (C=S) groups is 1. The molecule has 0 radical (unpaired) electrons. The molecule has 32 heavy (non-hydrogen) atoms. The van der Waals surface area contributed by atoms with Crippen LogP contribution in [-0.4, -0.2) is 81.9 Å². The number of likely N-dealkylation sites (N-methyl/N-ethyl adjacent to an activating group) is 1. The van der Waals surface area contributed by atoms with Gasteiger partial charge in [-0.15, -0.1) is 0 Å². The molecule has 5 heterocycles. The number of thioether (sulfide) groups is 1. The van der Waals surface area contributed by atoms with Crippen molar-refractivity contribution in [3.05, 3.63) is 45.2 Å². The third-order valence-electron chi connectivity index (χ3n) is 6.11. The lowest BCUT2D eigenvalue weighted by Crippen LogP contribution is -2.45. The largest absolute Gasteiger partial charge is 0.376 e. The normalized spacial score (nSPS) is 23.8. The first-order valence-corrected chi connectivity index (χ1v) is 12.1. The van der Waals surface area contributed by atoms with Gasteiger partial charge in [-0.25, -0.2) is 4.98 Å². The highest BCUT2D eigenvalue weighted by molar-refractivity contribution is 8.26. The van der Waals surface area contributed by atoms with Crippen LogP contribution in [0.1, 0.15) is 18.4 Å². The molecule has 168 valence electrons. The van der Waals surface area contributed by atoms with Crippen molar-refractivity contribution in [3.63, 3.8) is 0 Å². The highest BCUT2D eigenvalue weighted by Gasteiger charge is 2.35. The maximum atomic E-state index is 13.4. The molecular formula is C22H25N5O3S2. The molecule has 3 aliphatic heterocycles. The number of nitrogens with zero attached hydrogens (tertiary/aromatic N) is 5. The topological polar surface area (TPSA) is 70.4 Å². The lowest BCUT2D eigenvalue weighted by molar-refractivity contribution is -0.123. The highest BCUT2D eigenvalue weighted by atomic mass is 32.2. The zero-order valence-corrected chi connectivity index (χ0v) is 19.5. The van der Waals surface area contributed by atoms with Crippen LogP contribution in [0.4, 0.5) is 5.82 Å². The molecule has 0 unspecified atom stereocenters. The van der Waals surface area contributed by atoms with Gasteiger partial charge >= 0.3 is 0 Å². The smallest absolute Gasteiger partial charge is 0.267 e. The van der Waals surface area contributed by atoms with E-state index >= 15 is 0 Å². The molecule has 1 amide bonds. The first kappa shape index (κ1) is 21.6. The van der Waals surface area contributed by atoms with Crippen molar-refractivity contribution >= 4 is 51.7 Å². The summed E-state index contributed by atoms with van der Waals surface area (Å²) in [5, 5.41) is 0. The Bertz CT molecular complexity index is 1150. The quantitative estimate of drug-likeness (QED) is 0.494. The number of rotatable bonds is 4. The van der Waals surface area contributed by atoms with E-state index in [1.807, 2.05) is 12.1 Å². The maximum Gasteiger partial charge on any atom is 0.267 e. The van der Waals surface area contributed by atoms with Gasteiger partial charge in [-0.1, -0.05) is 30.0 Å². The Balaban J connectivity index is 1.54. The molecule has 0 aromatic carbocycles. The monoisotopic (exact) mass is 471 g/mol.